The second-order valence-corrected chi connectivity index (χ2v) is 4.13. The molecule has 1 aromatic rings. The molecule has 4 nitrogen and oxygen atoms in total. The molecule has 1 aliphatic rings. The van der Waals surface area contributed by atoms with Crippen LogP contribution in [0.4, 0.5) is 0 Å². The van der Waals surface area contributed by atoms with Crippen LogP contribution >= 0.6 is 0 Å². The van der Waals surface area contributed by atoms with E-state index in [1.165, 1.54) is 0 Å². The zero-order valence-electron chi connectivity index (χ0n) is 9.40. The summed E-state index contributed by atoms with van der Waals surface area (Å²) < 4.78 is 5.25. The maximum atomic E-state index is 11.7. The topological polar surface area (TPSA) is 51.2 Å². The number of pyridine rings is 1. The minimum atomic E-state index is -0.0561. The number of aromatic nitrogens is 1. The number of ether oxygens (including phenoxy) is 1. The Balaban J connectivity index is 1.85. The fourth-order valence-corrected chi connectivity index (χ4v) is 1.69. The van der Waals surface area contributed by atoms with Crippen LogP contribution in [0.5, 0.6) is 0 Å². The smallest absolute Gasteiger partial charge is 0.252 e. The minimum absolute atomic E-state index is 0.0561. The normalized spacial score (nSPS) is 19.7. The number of amides is 1. The van der Waals surface area contributed by atoms with Gasteiger partial charge in [0.1, 0.15) is 0 Å². The lowest BCUT2D eigenvalue weighted by molar-refractivity contribution is 0.0944. The molecule has 0 saturated carbocycles. The van der Waals surface area contributed by atoms with Gasteiger partial charge in [-0.25, -0.2) is 0 Å². The summed E-state index contributed by atoms with van der Waals surface area (Å²) in [6.07, 6.45) is 2.64. The fraction of sp³-hybridized carbons (Fsp3) is 0.500. The summed E-state index contributed by atoms with van der Waals surface area (Å²) in [6, 6.07) is 3.64. The predicted octanol–water partition coefficient (Wildman–Crippen LogP) is 1.16. The van der Waals surface area contributed by atoms with Crippen LogP contribution in [0.25, 0.3) is 0 Å². The zero-order chi connectivity index (χ0) is 11.4. The van der Waals surface area contributed by atoms with Gasteiger partial charge in [-0.05, 0) is 25.5 Å². The van der Waals surface area contributed by atoms with Crippen molar-refractivity contribution in [3.63, 3.8) is 0 Å². The number of nitrogens with one attached hydrogen (secondary N) is 1. The number of carbonyl (C=O) groups is 1. The van der Waals surface area contributed by atoms with Gasteiger partial charge in [0.15, 0.2) is 0 Å². The molecular formula is C12H16N2O2. The third-order valence-corrected chi connectivity index (χ3v) is 2.75. The Morgan fingerprint density at radius 2 is 2.50 bits per heavy atom. The Labute approximate surface area is 95.0 Å². The molecule has 16 heavy (non-hydrogen) atoms. The van der Waals surface area contributed by atoms with Crippen molar-refractivity contribution in [2.45, 2.75) is 13.3 Å². The molecule has 86 valence electrons. The van der Waals surface area contributed by atoms with E-state index in [1.807, 2.05) is 13.0 Å². The van der Waals surface area contributed by atoms with Gasteiger partial charge in [-0.1, -0.05) is 0 Å². The molecule has 1 amide bonds. The number of hydrogen-bond acceptors (Lipinski definition) is 3. The largest absolute Gasteiger partial charge is 0.381 e. The number of rotatable bonds is 3. The number of aryl methyl sites for hydroxylation is 1. The van der Waals surface area contributed by atoms with Crippen molar-refractivity contribution in [3.05, 3.63) is 29.6 Å². The van der Waals surface area contributed by atoms with E-state index in [4.69, 9.17) is 4.74 Å². The average molecular weight is 220 g/mol. The molecule has 1 fully saturated rings. The molecule has 1 aliphatic heterocycles. The Bertz CT molecular complexity index is 356. The number of hydrogen-bond donors (Lipinski definition) is 1. The summed E-state index contributed by atoms with van der Waals surface area (Å²) in [4.78, 5) is 15.8. The van der Waals surface area contributed by atoms with Gasteiger partial charge in [-0.15, -0.1) is 0 Å². The van der Waals surface area contributed by atoms with Gasteiger partial charge >= 0.3 is 0 Å². The standard InChI is InChI=1S/C12H16N2O2/c1-9-2-3-11(7-13-9)12(15)14-6-10-4-5-16-8-10/h2-3,7,10H,4-6,8H2,1H3,(H,14,15). The highest BCUT2D eigenvalue weighted by molar-refractivity contribution is 5.93. The van der Waals surface area contributed by atoms with Crippen LogP contribution in [0.3, 0.4) is 0 Å². The van der Waals surface area contributed by atoms with Crippen molar-refractivity contribution in [1.82, 2.24) is 10.3 Å². The first-order chi connectivity index (χ1) is 7.75. The van der Waals surface area contributed by atoms with E-state index in [-0.39, 0.29) is 5.91 Å². The fourth-order valence-electron chi connectivity index (χ4n) is 1.69. The van der Waals surface area contributed by atoms with Crippen LogP contribution in [-0.2, 0) is 4.74 Å². The Morgan fingerprint density at radius 1 is 1.62 bits per heavy atom. The SMILES string of the molecule is Cc1ccc(C(=O)NCC2CCOC2)cn1. The molecule has 1 aromatic heterocycles. The average Bonchev–Trinajstić information content (AvgIpc) is 2.80. The van der Waals surface area contributed by atoms with Gasteiger partial charge in [-0.2, -0.15) is 0 Å². The van der Waals surface area contributed by atoms with E-state index in [0.29, 0.717) is 18.0 Å². The van der Waals surface area contributed by atoms with E-state index in [1.54, 1.807) is 12.3 Å². The van der Waals surface area contributed by atoms with Crippen LogP contribution in [0, 0.1) is 12.8 Å². The molecule has 1 atom stereocenters. The molecule has 1 N–H and O–H groups in total. The van der Waals surface area contributed by atoms with Gasteiger partial charge < -0.3 is 10.1 Å². The molecule has 2 heterocycles. The molecule has 4 heteroatoms. The molecular weight excluding hydrogens is 204 g/mol. The minimum Gasteiger partial charge on any atom is -0.381 e. The first kappa shape index (κ1) is 11.1. The summed E-state index contributed by atoms with van der Waals surface area (Å²) in [5.41, 5.74) is 1.53. The third-order valence-electron chi connectivity index (χ3n) is 2.75. The van der Waals surface area contributed by atoms with Crippen LogP contribution in [0.1, 0.15) is 22.5 Å². The predicted molar refractivity (Wildman–Crippen MR) is 60.2 cm³/mol. The lowest BCUT2D eigenvalue weighted by Gasteiger charge is -2.09. The lowest BCUT2D eigenvalue weighted by atomic mass is 10.1. The number of nitrogens with zero attached hydrogens (tertiary/aromatic N) is 1. The molecule has 0 aromatic carbocycles. The van der Waals surface area contributed by atoms with E-state index >= 15 is 0 Å². The Kier molecular flexibility index (Phi) is 3.51. The summed E-state index contributed by atoms with van der Waals surface area (Å²) in [6.45, 7) is 4.16. The van der Waals surface area contributed by atoms with Gasteiger partial charge in [-0.3, -0.25) is 9.78 Å². The molecule has 0 spiro atoms. The van der Waals surface area contributed by atoms with Crippen molar-refractivity contribution >= 4 is 5.91 Å². The van der Waals surface area contributed by atoms with E-state index in [0.717, 1.165) is 25.3 Å². The molecule has 1 saturated heterocycles. The highest BCUT2D eigenvalue weighted by Crippen LogP contribution is 2.10. The van der Waals surface area contributed by atoms with Crippen LogP contribution in [0.2, 0.25) is 0 Å². The zero-order valence-corrected chi connectivity index (χ0v) is 9.40. The van der Waals surface area contributed by atoms with Gasteiger partial charge in [0.25, 0.3) is 5.91 Å². The van der Waals surface area contributed by atoms with Gasteiger partial charge in [0.2, 0.25) is 0 Å². The third kappa shape index (κ3) is 2.79. The van der Waals surface area contributed by atoms with Gasteiger partial charge in [0, 0.05) is 31.0 Å². The Hall–Kier alpha value is -1.42. The van der Waals surface area contributed by atoms with Crippen molar-refractivity contribution in [2.75, 3.05) is 19.8 Å². The molecule has 2 rings (SSSR count). The van der Waals surface area contributed by atoms with E-state index < -0.39 is 0 Å². The highest BCUT2D eigenvalue weighted by Gasteiger charge is 2.16. The van der Waals surface area contributed by atoms with Crippen LogP contribution in [-0.4, -0.2) is 30.6 Å². The monoisotopic (exact) mass is 220 g/mol. The second kappa shape index (κ2) is 5.07. The molecule has 0 radical (unpaired) electrons. The first-order valence-corrected chi connectivity index (χ1v) is 5.54. The molecule has 1 unspecified atom stereocenters. The van der Waals surface area contributed by atoms with E-state index in [9.17, 15) is 4.79 Å². The Morgan fingerprint density at radius 3 is 3.12 bits per heavy atom. The van der Waals surface area contributed by atoms with Crippen molar-refractivity contribution < 1.29 is 9.53 Å². The maximum Gasteiger partial charge on any atom is 0.252 e. The molecule has 0 bridgehead atoms. The summed E-state index contributed by atoms with van der Waals surface area (Å²) in [5.74, 6) is 0.404. The second-order valence-electron chi connectivity index (χ2n) is 4.13. The number of carbonyl (C=O) groups excluding carboxylic acids is 1. The van der Waals surface area contributed by atoms with Crippen molar-refractivity contribution in [2.24, 2.45) is 5.92 Å². The van der Waals surface area contributed by atoms with Crippen molar-refractivity contribution in [1.29, 1.82) is 0 Å². The highest BCUT2D eigenvalue weighted by atomic mass is 16.5. The van der Waals surface area contributed by atoms with Crippen LogP contribution < -0.4 is 5.32 Å². The maximum absolute atomic E-state index is 11.7. The quantitative estimate of drug-likeness (QED) is 0.831. The summed E-state index contributed by atoms with van der Waals surface area (Å²) in [7, 11) is 0. The molecule has 0 aliphatic carbocycles. The summed E-state index contributed by atoms with van der Waals surface area (Å²) in [5, 5.41) is 2.90. The van der Waals surface area contributed by atoms with Gasteiger partial charge in [0.05, 0.1) is 12.2 Å². The van der Waals surface area contributed by atoms with Crippen LogP contribution in [0.15, 0.2) is 18.3 Å². The lowest BCUT2D eigenvalue weighted by Crippen LogP contribution is -2.29. The summed E-state index contributed by atoms with van der Waals surface area (Å²) >= 11 is 0. The van der Waals surface area contributed by atoms with Crippen molar-refractivity contribution in [3.8, 4) is 0 Å². The van der Waals surface area contributed by atoms with E-state index in [2.05, 4.69) is 10.3 Å². The first-order valence-electron chi connectivity index (χ1n) is 5.54.